The second-order valence-corrected chi connectivity index (χ2v) is 3.62. The van der Waals surface area contributed by atoms with Gasteiger partial charge in [0.15, 0.2) is 10.8 Å². The molecule has 4 nitrogen and oxygen atoms in total. The van der Waals surface area contributed by atoms with E-state index in [1.54, 1.807) is 13.8 Å². The highest BCUT2D eigenvalue weighted by atomic mass is 35.5. The summed E-state index contributed by atoms with van der Waals surface area (Å²) in [5.74, 6) is 3.00. The molecule has 0 aliphatic carbocycles. The van der Waals surface area contributed by atoms with Gasteiger partial charge in [-0.1, -0.05) is 17.5 Å². The summed E-state index contributed by atoms with van der Waals surface area (Å²) in [5.41, 5.74) is -0.773. The molecule has 0 spiro atoms. The maximum atomic E-state index is 5.79. The van der Waals surface area contributed by atoms with Gasteiger partial charge in [0.2, 0.25) is 5.75 Å². The van der Waals surface area contributed by atoms with Gasteiger partial charge < -0.3 is 9.47 Å². The molecule has 0 saturated heterocycles. The molecule has 1 rings (SSSR count). The molecule has 0 unspecified atom stereocenters. The van der Waals surface area contributed by atoms with Crippen molar-refractivity contribution in [3.05, 3.63) is 11.5 Å². The number of halogens is 1. The SMILES string of the molecule is C#CC(C)(C)Oc1ncnc(Cl)c1OC. The van der Waals surface area contributed by atoms with Gasteiger partial charge in [-0.2, -0.15) is 4.98 Å². The average molecular weight is 227 g/mol. The van der Waals surface area contributed by atoms with Crippen LogP contribution >= 0.6 is 11.6 Å². The van der Waals surface area contributed by atoms with E-state index in [0.29, 0.717) is 0 Å². The molecule has 5 heteroatoms. The van der Waals surface area contributed by atoms with Crippen molar-refractivity contribution in [2.24, 2.45) is 0 Å². The van der Waals surface area contributed by atoms with Gasteiger partial charge in [0.1, 0.15) is 6.33 Å². The Morgan fingerprint density at radius 2 is 2.13 bits per heavy atom. The Morgan fingerprint density at radius 1 is 1.47 bits per heavy atom. The van der Waals surface area contributed by atoms with Crippen LogP contribution in [-0.2, 0) is 0 Å². The smallest absolute Gasteiger partial charge is 0.263 e. The maximum Gasteiger partial charge on any atom is 0.263 e. The molecule has 0 aliphatic rings. The quantitative estimate of drug-likeness (QED) is 0.584. The van der Waals surface area contributed by atoms with Gasteiger partial charge in [0.05, 0.1) is 7.11 Å². The summed E-state index contributed by atoms with van der Waals surface area (Å²) in [5, 5.41) is 0.190. The van der Waals surface area contributed by atoms with E-state index in [1.807, 2.05) is 0 Å². The summed E-state index contributed by atoms with van der Waals surface area (Å²) in [6, 6.07) is 0. The highest BCUT2D eigenvalue weighted by molar-refractivity contribution is 6.31. The normalized spacial score (nSPS) is 10.6. The summed E-state index contributed by atoms with van der Waals surface area (Å²) in [7, 11) is 1.46. The topological polar surface area (TPSA) is 44.2 Å². The third-order valence-corrected chi connectivity index (χ3v) is 1.90. The molecular formula is C10H11ClN2O2. The van der Waals surface area contributed by atoms with Crippen LogP contribution in [0.5, 0.6) is 11.6 Å². The number of ether oxygens (including phenoxy) is 2. The molecule has 1 aromatic rings. The fraction of sp³-hybridized carbons (Fsp3) is 0.400. The van der Waals surface area contributed by atoms with Gasteiger partial charge in [-0.05, 0) is 13.8 Å². The van der Waals surface area contributed by atoms with Crippen molar-refractivity contribution < 1.29 is 9.47 Å². The van der Waals surface area contributed by atoms with Crippen molar-refractivity contribution in [3.63, 3.8) is 0 Å². The summed E-state index contributed by atoms with van der Waals surface area (Å²) in [6.07, 6.45) is 6.58. The minimum Gasteiger partial charge on any atom is -0.489 e. The summed E-state index contributed by atoms with van der Waals surface area (Å²) >= 11 is 5.79. The van der Waals surface area contributed by atoms with Crippen LogP contribution in [0, 0.1) is 12.3 Å². The maximum absolute atomic E-state index is 5.79. The monoisotopic (exact) mass is 226 g/mol. The predicted octanol–water partition coefficient (Wildman–Crippen LogP) is 1.93. The van der Waals surface area contributed by atoms with Crippen molar-refractivity contribution >= 4 is 11.6 Å². The number of methoxy groups -OCH3 is 1. The number of hydrogen-bond acceptors (Lipinski definition) is 4. The van der Waals surface area contributed by atoms with Gasteiger partial charge in [0.25, 0.3) is 5.88 Å². The predicted molar refractivity (Wildman–Crippen MR) is 57.1 cm³/mol. The molecule has 80 valence electrons. The second kappa shape index (κ2) is 4.37. The third kappa shape index (κ3) is 2.74. The lowest BCUT2D eigenvalue weighted by Gasteiger charge is -2.20. The number of aromatic nitrogens is 2. The third-order valence-electron chi connectivity index (χ3n) is 1.63. The van der Waals surface area contributed by atoms with Crippen molar-refractivity contribution in [2.75, 3.05) is 7.11 Å². The van der Waals surface area contributed by atoms with Gasteiger partial charge in [-0.3, -0.25) is 0 Å². The van der Waals surface area contributed by atoms with Gasteiger partial charge in [-0.25, -0.2) is 4.98 Å². The van der Waals surface area contributed by atoms with Crippen LogP contribution in [-0.4, -0.2) is 22.7 Å². The highest BCUT2D eigenvalue weighted by Gasteiger charge is 2.21. The fourth-order valence-corrected chi connectivity index (χ4v) is 1.05. The van der Waals surface area contributed by atoms with Crippen LogP contribution in [0.25, 0.3) is 0 Å². The standard InChI is InChI=1S/C10H11ClN2O2/c1-5-10(2,3)15-9-7(14-4)8(11)12-6-13-9/h1,6H,2-4H3. The van der Waals surface area contributed by atoms with Crippen molar-refractivity contribution in [1.82, 2.24) is 9.97 Å². The molecule has 15 heavy (non-hydrogen) atoms. The van der Waals surface area contributed by atoms with E-state index in [4.69, 9.17) is 27.5 Å². The Bertz CT molecular complexity index is 399. The first-order valence-electron chi connectivity index (χ1n) is 4.21. The Kier molecular flexibility index (Phi) is 3.38. The van der Waals surface area contributed by atoms with Gasteiger partial charge in [0, 0.05) is 0 Å². The Balaban J connectivity index is 3.06. The van der Waals surface area contributed by atoms with Crippen LogP contribution < -0.4 is 9.47 Å². The van der Waals surface area contributed by atoms with E-state index < -0.39 is 5.60 Å². The van der Waals surface area contributed by atoms with E-state index in [-0.39, 0.29) is 16.8 Å². The molecule has 0 aromatic carbocycles. The molecule has 0 aliphatic heterocycles. The number of terminal acetylenes is 1. The zero-order valence-electron chi connectivity index (χ0n) is 8.74. The molecule has 0 N–H and O–H groups in total. The minimum absolute atomic E-state index is 0.190. The van der Waals surface area contributed by atoms with Crippen molar-refractivity contribution in [3.8, 4) is 24.0 Å². The van der Waals surface area contributed by atoms with Crippen LogP contribution in [0.1, 0.15) is 13.8 Å². The van der Waals surface area contributed by atoms with E-state index in [9.17, 15) is 0 Å². The second-order valence-electron chi connectivity index (χ2n) is 3.26. The van der Waals surface area contributed by atoms with Gasteiger partial charge in [-0.15, -0.1) is 6.42 Å². The first-order chi connectivity index (χ1) is 7.00. The zero-order chi connectivity index (χ0) is 11.5. The molecule has 0 bridgehead atoms. The molecule has 1 aromatic heterocycles. The summed E-state index contributed by atoms with van der Waals surface area (Å²) < 4.78 is 10.5. The van der Waals surface area contributed by atoms with E-state index in [2.05, 4.69) is 15.9 Å². The van der Waals surface area contributed by atoms with Crippen LogP contribution in [0.2, 0.25) is 5.15 Å². The fourth-order valence-electron chi connectivity index (χ4n) is 0.853. The van der Waals surface area contributed by atoms with Crippen LogP contribution in [0.15, 0.2) is 6.33 Å². The Morgan fingerprint density at radius 3 is 2.67 bits per heavy atom. The molecule has 1 heterocycles. The van der Waals surface area contributed by atoms with Gasteiger partial charge >= 0.3 is 0 Å². The van der Waals surface area contributed by atoms with Crippen molar-refractivity contribution in [2.45, 2.75) is 19.4 Å². The number of rotatable bonds is 3. The average Bonchev–Trinajstić information content (AvgIpc) is 2.18. The summed E-state index contributed by atoms with van der Waals surface area (Å²) in [4.78, 5) is 7.67. The summed E-state index contributed by atoms with van der Waals surface area (Å²) in [6.45, 7) is 3.48. The van der Waals surface area contributed by atoms with Crippen molar-refractivity contribution in [1.29, 1.82) is 0 Å². The van der Waals surface area contributed by atoms with E-state index in [0.717, 1.165) is 0 Å². The Labute approximate surface area is 93.6 Å². The first-order valence-corrected chi connectivity index (χ1v) is 4.59. The minimum atomic E-state index is -0.773. The largest absolute Gasteiger partial charge is 0.489 e. The number of hydrogen-bond donors (Lipinski definition) is 0. The molecule has 0 amide bonds. The molecule has 0 saturated carbocycles. The lowest BCUT2D eigenvalue weighted by atomic mass is 10.1. The molecule has 0 atom stereocenters. The van der Waals surface area contributed by atoms with Crippen LogP contribution in [0.4, 0.5) is 0 Å². The zero-order valence-corrected chi connectivity index (χ0v) is 9.50. The van der Waals surface area contributed by atoms with E-state index in [1.165, 1.54) is 13.4 Å². The van der Waals surface area contributed by atoms with Crippen LogP contribution in [0.3, 0.4) is 0 Å². The number of nitrogens with zero attached hydrogens (tertiary/aromatic N) is 2. The molecule has 0 radical (unpaired) electrons. The lowest BCUT2D eigenvalue weighted by Crippen LogP contribution is -2.26. The lowest BCUT2D eigenvalue weighted by molar-refractivity contribution is 0.156. The molecule has 0 fully saturated rings. The highest BCUT2D eigenvalue weighted by Crippen LogP contribution is 2.32. The first kappa shape index (κ1) is 11.6. The molecular weight excluding hydrogens is 216 g/mol. The van der Waals surface area contributed by atoms with E-state index >= 15 is 0 Å². The Hall–Kier alpha value is -1.47.